The number of aliphatic hydroxyl groups excluding tert-OH is 1. The fourth-order valence-electron chi connectivity index (χ4n) is 7.14. The Morgan fingerprint density at radius 3 is 1.76 bits per heavy atom. The lowest BCUT2D eigenvalue weighted by atomic mass is 9.80. The maximum Gasteiger partial charge on any atom is 0.337 e. The summed E-state index contributed by atoms with van der Waals surface area (Å²) in [6.07, 6.45) is 1.90. The van der Waals surface area contributed by atoms with E-state index in [0.29, 0.717) is 12.0 Å². The van der Waals surface area contributed by atoms with Crippen LogP contribution in [0.1, 0.15) is 76.7 Å². The smallest absolute Gasteiger partial charge is 0.337 e. The van der Waals surface area contributed by atoms with Gasteiger partial charge < -0.3 is 19.3 Å². The normalized spacial score (nSPS) is 13.2. The quantitative estimate of drug-likeness (QED) is 0.0574. The van der Waals surface area contributed by atoms with Crippen molar-refractivity contribution in [3.63, 3.8) is 0 Å². The molecule has 1 unspecified atom stereocenters. The molecule has 54 heavy (non-hydrogen) atoms. The average Bonchev–Trinajstić information content (AvgIpc) is 3.23. The number of rotatable bonds is 17. The molecule has 0 spiro atoms. The molecule has 0 aliphatic carbocycles. The third kappa shape index (κ3) is 9.14. The first kappa shape index (κ1) is 38.2. The number of hydrogen-bond acceptors (Lipinski definition) is 6. The first-order chi connectivity index (χ1) is 26.4. The van der Waals surface area contributed by atoms with Crippen molar-refractivity contribution in [3.8, 4) is 0 Å². The van der Waals surface area contributed by atoms with E-state index in [4.69, 9.17) is 14.2 Å². The van der Waals surface area contributed by atoms with Crippen LogP contribution < -0.4 is 0 Å². The van der Waals surface area contributed by atoms with Gasteiger partial charge in [-0.05, 0) is 69.5 Å². The zero-order valence-corrected chi connectivity index (χ0v) is 31.0. The van der Waals surface area contributed by atoms with Gasteiger partial charge in [-0.15, -0.1) is 0 Å². The van der Waals surface area contributed by atoms with Gasteiger partial charge in [-0.1, -0.05) is 165 Å². The number of methoxy groups -OCH3 is 1. The maximum atomic E-state index is 13.9. The molecule has 3 atom stereocenters. The number of aliphatic hydroxyl groups is 1. The molecule has 276 valence electrons. The number of carbonyl (C=O) groups is 2. The van der Waals surface area contributed by atoms with Crippen molar-refractivity contribution in [1.29, 1.82) is 0 Å². The Morgan fingerprint density at radius 2 is 1.19 bits per heavy atom. The molecule has 0 saturated heterocycles. The summed E-state index contributed by atoms with van der Waals surface area (Å²) in [6.45, 7) is 2.23. The van der Waals surface area contributed by atoms with Crippen molar-refractivity contribution < 1.29 is 28.9 Å². The predicted octanol–water partition coefficient (Wildman–Crippen LogP) is 10.0. The molecule has 1 N–H and O–H groups in total. The largest absolute Gasteiger partial charge is 0.465 e. The second-order valence-corrected chi connectivity index (χ2v) is 13.9. The van der Waals surface area contributed by atoms with Gasteiger partial charge in [-0.3, -0.25) is 4.79 Å². The molecule has 6 heteroatoms. The fraction of sp³-hybridized carbons (Fsp3) is 0.250. The van der Waals surface area contributed by atoms with Crippen molar-refractivity contribution >= 4 is 22.7 Å². The molecule has 6 nitrogen and oxygen atoms in total. The molecule has 6 aromatic rings. The number of esters is 2. The van der Waals surface area contributed by atoms with Crippen LogP contribution in [0.25, 0.3) is 10.8 Å². The van der Waals surface area contributed by atoms with Crippen LogP contribution in [0.4, 0.5) is 0 Å². The van der Waals surface area contributed by atoms with Crippen LogP contribution >= 0.6 is 0 Å². The molecule has 0 aliphatic heterocycles. The third-order valence-corrected chi connectivity index (χ3v) is 10.3. The molecular weight excluding hydrogens is 673 g/mol. The van der Waals surface area contributed by atoms with Crippen LogP contribution in [0, 0.1) is 5.92 Å². The zero-order chi connectivity index (χ0) is 37.8. The second kappa shape index (κ2) is 18.5. The Labute approximate surface area is 318 Å². The number of carbonyl (C=O) groups excluding carboxylic acids is 2. The van der Waals surface area contributed by atoms with Gasteiger partial charge in [-0.25, -0.2) is 4.79 Å². The van der Waals surface area contributed by atoms with E-state index in [1.54, 1.807) is 6.07 Å². The molecule has 0 fully saturated rings. The van der Waals surface area contributed by atoms with Gasteiger partial charge in [0.1, 0.15) is 18.1 Å². The minimum atomic E-state index is -1.05. The van der Waals surface area contributed by atoms with Crippen LogP contribution in [-0.2, 0) is 31.2 Å². The Bertz CT molecular complexity index is 1990. The van der Waals surface area contributed by atoms with E-state index < -0.39 is 23.6 Å². The van der Waals surface area contributed by atoms with Gasteiger partial charge in [-0.2, -0.15) is 0 Å². The number of ether oxygens (including phenoxy) is 3. The van der Waals surface area contributed by atoms with Crippen LogP contribution in [0.2, 0.25) is 0 Å². The summed E-state index contributed by atoms with van der Waals surface area (Å²) >= 11 is 0. The van der Waals surface area contributed by atoms with Crippen molar-refractivity contribution in [2.75, 3.05) is 13.7 Å². The average molecular weight is 721 g/mol. The Balaban J connectivity index is 1.19. The van der Waals surface area contributed by atoms with Crippen molar-refractivity contribution in [2.24, 2.45) is 5.92 Å². The van der Waals surface area contributed by atoms with E-state index in [2.05, 4.69) is 25.1 Å². The highest BCUT2D eigenvalue weighted by Crippen LogP contribution is 2.41. The first-order valence-electron chi connectivity index (χ1n) is 18.7. The lowest BCUT2D eigenvalue weighted by Gasteiger charge is -2.37. The van der Waals surface area contributed by atoms with E-state index in [9.17, 15) is 14.7 Å². The number of hydrogen-bond donors (Lipinski definition) is 1. The van der Waals surface area contributed by atoms with Crippen LogP contribution in [0.3, 0.4) is 0 Å². The maximum absolute atomic E-state index is 13.9. The van der Waals surface area contributed by atoms with Crippen molar-refractivity contribution in [2.45, 2.75) is 56.8 Å². The lowest BCUT2D eigenvalue weighted by molar-refractivity contribution is -0.159. The highest BCUT2D eigenvalue weighted by atomic mass is 16.5. The van der Waals surface area contributed by atoms with E-state index in [0.717, 1.165) is 52.3 Å². The van der Waals surface area contributed by atoms with Crippen LogP contribution in [0.15, 0.2) is 158 Å². The van der Waals surface area contributed by atoms with E-state index in [-0.39, 0.29) is 25.1 Å². The molecule has 0 bridgehead atoms. The van der Waals surface area contributed by atoms with Gasteiger partial charge >= 0.3 is 11.9 Å². The standard InChI is InChI=1S/C48H48O6/c1-35(38-29-27-37-28-30-39(46(50)52-2)32-40(37)31-38)17-15-16-26-45(49)44(47(51)53-33-36-18-7-3-8-19-36)34-54-48(41-20-9-4-10-21-41,42-22-11-5-12-23-42)43-24-13-6-14-25-43/h3-14,18-25,27-32,35,44-45,49H,15-17,26,33-34H2,1-2H3/t35?,44-,45-/m1/s1. The summed E-state index contributed by atoms with van der Waals surface area (Å²) in [6, 6.07) is 51.5. The number of benzene rings is 6. The van der Waals surface area contributed by atoms with Crippen molar-refractivity contribution in [3.05, 3.63) is 191 Å². The molecule has 6 aromatic carbocycles. The monoisotopic (exact) mass is 720 g/mol. The van der Waals surface area contributed by atoms with E-state index >= 15 is 0 Å². The summed E-state index contributed by atoms with van der Waals surface area (Å²) in [7, 11) is 1.39. The SMILES string of the molecule is COC(=O)c1ccc2ccc(C(C)CCCC[C@@H](O)[C@@H](COC(c3ccccc3)(c3ccccc3)c3ccccc3)C(=O)OCc3ccccc3)cc2c1. The topological polar surface area (TPSA) is 82.1 Å². The summed E-state index contributed by atoms with van der Waals surface area (Å²) < 4.78 is 17.8. The molecule has 0 saturated carbocycles. The summed E-state index contributed by atoms with van der Waals surface area (Å²) in [5, 5.41) is 13.8. The van der Waals surface area contributed by atoms with Crippen molar-refractivity contribution in [1.82, 2.24) is 0 Å². The minimum absolute atomic E-state index is 0.0610. The lowest BCUT2D eigenvalue weighted by Crippen LogP contribution is -2.40. The first-order valence-corrected chi connectivity index (χ1v) is 18.7. The molecular formula is C48H48O6. The summed E-state index contributed by atoms with van der Waals surface area (Å²) in [4.78, 5) is 26.0. The Hall–Kier alpha value is -5.56. The highest BCUT2D eigenvalue weighted by molar-refractivity contribution is 5.95. The zero-order valence-electron chi connectivity index (χ0n) is 31.0. The highest BCUT2D eigenvalue weighted by Gasteiger charge is 2.40. The van der Waals surface area contributed by atoms with Gasteiger partial charge in [0.2, 0.25) is 0 Å². The van der Waals surface area contributed by atoms with Gasteiger partial charge in [0.05, 0.1) is 25.4 Å². The predicted molar refractivity (Wildman–Crippen MR) is 213 cm³/mol. The molecule has 6 rings (SSSR count). The Morgan fingerprint density at radius 1 is 0.648 bits per heavy atom. The van der Waals surface area contributed by atoms with Gasteiger partial charge in [0.15, 0.2) is 0 Å². The number of fused-ring (bicyclic) bond motifs is 1. The summed E-state index contributed by atoms with van der Waals surface area (Å²) in [5.74, 6) is -1.52. The minimum Gasteiger partial charge on any atom is -0.465 e. The Kier molecular flexibility index (Phi) is 13.1. The van der Waals surface area contributed by atoms with Crippen LogP contribution in [0.5, 0.6) is 0 Å². The van der Waals surface area contributed by atoms with E-state index in [1.807, 2.05) is 133 Å². The van der Waals surface area contributed by atoms with Gasteiger partial charge in [0, 0.05) is 0 Å². The number of unbranched alkanes of at least 4 members (excludes halogenated alkanes) is 1. The van der Waals surface area contributed by atoms with Gasteiger partial charge in [0.25, 0.3) is 0 Å². The van der Waals surface area contributed by atoms with E-state index in [1.165, 1.54) is 12.7 Å². The summed E-state index contributed by atoms with van der Waals surface area (Å²) in [5.41, 5.74) is 4.27. The molecule has 0 aromatic heterocycles. The fourth-order valence-corrected chi connectivity index (χ4v) is 7.14. The molecule has 0 heterocycles. The molecule has 0 amide bonds. The molecule has 0 radical (unpaired) electrons. The second-order valence-electron chi connectivity index (χ2n) is 13.9. The third-order valence-electron chi connectivity index (χ3n) is 10.3. The van der Waals surface area contributed by atoms with Crippen LogP contribution in [-0.4, -0.2) is 36.9 Å². The molecule has 0 aliphatic rings.